The van der Waals surface area contributed by atoms with E-state index in [1.54, 1.807) is 25.1 Å². The fraction of sp³-hybridized carbons (Fsp3) is 0.312. The molecule has 134 valence electrons. The molecule has 0 saturated heterocycles. The SMILES string of the molecule is COC(=O)COc1ccc(Cl)cc1C1NC(=O)NC(C)=C1C(=O)OC. The Morgan fingerprint density at radius 2 is 1.96 bits per heavy atom. The number of hydrogen-bond acceptors (Lipinski definition) is 6. The topological polar surface area (TPSA) is 103 Å². The summed E-state index contributed by atoms with van der Waals surface area (Å²) < 4.78 is 14.8. The summed E-state index contributed by atoms with van der Waals surface area (Å²) in [6.07, 6.45) is 0. The number of hydrogen-bond donors (Lipinski definition) is 2. The summed E-state index contributed by atoms with van der Waals surface area (Å²) >= 11 is 6.05. The van der Waals surface area contributed by atoms with Crippen molar-refractivity contribution in [1.82, 2.24) is 10.6 Å². The molecule has 1 aromatic carbocycles. The van der Waals surface area contributed by atoms with Gasteiger partial charge in [0.25, 0.3) is 0 Å². The van der Waals surface area contributed by atoms with E-state index in [0.29, 0.717) is 16.3 Å². The van der Waals surface area contributed by atoms with Gasteiger partial charge in [0.2, 0.25) is 0 Å². The van der Waals surface area contributed by atoms with Crippen LogP contribution in [-0.4, -0.2) is 38.8 Å². The zero-order valence-electron chi connectivity index (χ0n) is 13.8. The quantitative estimate of drug-likeness (QED) is 0.767. The summed E-state index contributed by atoms with van der Waals surface area (Å²) in [7, 11) is 2.48. The third-order valence-corrected chi connectivity index (χ3v) is 3.77. The van der Waals surface area contributed by atoms with E-state index in [0.717, 1.165) is 0 Å². The van der Waals surface area contributed by atoms with E-state index in [9.17, 15) is 14.4 Å². The van der Waals surface area contributed by atoms with Crippen molar-refractivity contribution in [2.45, 2.75) is 13.0 Å². The lowest BCUT2D eigenvalue weighted by Gasteiger charge is -2.29. The number of carbonyl (C=O) groups is 3. The van der Waals surface area contributed by atoms with E-state index in [1.807, 2.05) is 0 Å². The molecule has 25 heavy (non-hydrogen) atoms. The Kier molecular flexibility index (Phi) is 5.87. The van der Waals surface area contributed by atoms with Gasteiger partial charge in [-0.3, -0.25) is 0 Å². The monoisotopic (exact) mass is 368 g/mol. The normalized spacial score (nSPS) is 16.6. The Bertz CT molecular complexity index is 746. The molecule has 9 heteroatoms. The molecule has 2 N–H and O–H groups in total. The molecule has 0 saturated carbocycles. The molecule has 2 rings (SSSR count). The highest BCUT2D eigenvalue weighted by Gasteiger charge is 2.33. The fourth-order valence-corrected chi connectivity index (χ4v) is 2.56. The van der Waals surface area contributed by atoms with E-state index >= 15 is 0 Å². The van der Waals surface area contributed by atoms with Gasteiger partial charge in [-0.25, -0.2) is 14.4 Å². The minimum absolute atomic E-state index is 0.201. The van der Waals surface area contributed by atoms with Gasteiger partial charge in [0.05, 0.1) is 25.8 Å². The lowest BCUT2D eigenvalue weighted by Crippen LogP contribution is -2.45. The van der Waals surface area contributed by atoms with Gasteiger partial charge in [-0.15, -0.1) is 0 Å². The van der Waals surface area contributed by atoms with Crippen LogP contribution < -0.4 is 15.4 Å². The highest BCUT2D eigenvalue weighted by molar-refractivity contribution is 6.30. The lowest BCUT2D eigenvalue weighted by atomic mass is 9.95. The third-order valence-electron chi connectivity index (χ3n) is 3.53. The van der Waals surface area contributed by atoms with Gasteiger partial charge in [0, 0.05) is 16.3 Å². The number of esters is 2. The predicted octanol–water partition coefficient (Wildman–Crippen LogP) is 1.69. The first kappa shape index (κ1) is 18.6. The van der Waals surface area contributed by atoms with Gasteiger partial charge in [-0.2, -0.15) is 0 Å². The maximum Gasteiger partial charge on any atom is 0.343 e. The molecule has 1 aliphatic heterocycles. The molecule has 8 nitrogen and oxygen atoms in total. The molecule has 1 atom stereocenters. The van der Waals surface area contributed by atoms with Crippen molar-refractivity contribution >= 4 is 29.6 Å². The molecule has 0 fully saturated rings. The van der Waals surface area contributed by atoms with E-state index < -0.39 is 24.0 Å². The predicted molar refractivity (Wildman–Crippen MR) is 88.1 cm³/mol. The van der Waals surface area contributed by atoms with Gasteiger partial charge < -0.3 is 24.8 Å². The first-order valence-corrected chi connectivity index (χ1v) is 7.60. The molecule has 2 amide bonds. The molecule has 0 spiro atoms. The average Bonchev–Trinajstić information content (AvgIpc) is 2.58. The van der Waals surface area contributed by atoms with E-state index in [-0.39, 0.29) is 17.9 Å². The summed E-state index contributed by atoms with van der Waals surface area (Å²) in [5.74, 6) is -0.916. The fourth-order valence-electron chi connectivity index (χ4n) is 2.38. The second-order valence-electron chi connectivity index (χ2n) is 5.11. The largest absolute Gasteiger partial charge is 0.482 e. The Morgan fingerprint density at radius 1 is 1.24 bits per heavy atom. The number of benzene rings is 1. The number of rotatable bonds is 5. The molecule has 1 heterocycles. The van der Waals surface area contributed by atoms with Crippen molar-refractivity contribution in [3.63, 3.8) is 0 Å². The molecule has 0 radical (unpaired) electrons. The van der Waals surface area contributed by atoms with Crippen LogP contribution in [0.25, 0.3) is 0 Å². The van der Waals surface area contributed by atoms with Crippen molar-refractivity contribution in [2.24, 2.45) is 0 Å². The number of carbonyl (C=O) groups excluding carboxylic acids is 3. The van der Waals surface area contributed by atoms with Gasteiger partial charge >= 0.3 is 18.0 Å². The van der Waals surface area contributed by atoms with E-state index in [2.05, 4.69) is 15.4 Å². The van der Waals surface area contributed by atoms with Crippen LogP contribution in [0, 0.1) is 0 Å². The number of nitrogens with one attached hydrogen (secondary N) is 2. The molecular formula is C16H17ClN2O6. The highest BCUT2D eigenvalue weighted by Crippen LogP contribution is 2.35. The molecule has 1 aromatic rings. The van der Waals surface area contributed by atoms with Gasteiger partial charge in [-0.1, -0.05) is 11.6 Å². The van der Waals surface area contributed by atoms with Gasteiger partial charge in [-0.05, 0) is 25.1 Å². The Morgan fingerprint density at radius 3 is 2.60 bits per heavy atom. The summed E-state index contributed by atoms with van der Waals surface area (Å²) in [4.78, 5) is 35.3. The molecule has 0 aromatic heterocycles. The van der Waals surface area contributed by atoms with Crippen molar-refractivity contribution < 1.29 is 28.6 Å². The zero-order valence-corrected chi connectivity index (χ0v) is 14.6. The number of allylic oxidation sites excluding steroid dienone is 1. The van der Waals surface area contributed by atoms with Crippen LogP contribution in [0.15, 0.2) is 29.5 Å². The smallest absolute Gasteiger partial charge is 0.343 e. The third kappa shape index (κ3) is 4.21. The Hall–Kier alpha value is -2.74. The number of urea groups is 1. The van der Waals surface area contributed by atoms with Crippen LogP contribution in [0.3, 0.4) is 0 Å². The standard InChI is InChI=1S/C16H17ClN2O6/c1-8-13(15(21)24-3)14(19-16(22)18-8)10-6-9(17)4-5-11(10)25-7-12(20)23-2/h4-6,14H,7H2,1-3H3,(H2,18,19,22). The van der Waals surface area contributed by atoms with Crippen molar-refractivity contribution in [3.8, 4) is 5.75 Å². The highest BCUT2D eigenvalue weighted by atomic mass is 35.5. The zero-order chi connectivity index (χ0) is 18.6. The van der Waals surface area contributed by atoms with Crippen LogP contribution in [-0.2, 0) is 19.1 Å². The van der Waals surface area contributed by atoms with Crippen LogP contribution in [0.5, 0.6) is 5.75 Å². The number of amides is 2. The number of ether oxygens (including phenoxy) is 3. The molecule has 1 unspecified atom stereocenters. The average molecular weight is 369 g/mol. The molecule has 1 aliphatic rings. The van der Waals surface area contributed by atoms with Crippen molar-refractivity contribution in [3.05, 3.63) is 40.1 Å². The molecule has 0 aliphatic carbocycles. The van der Waals surface area contributed by atoms with Crippen LogP contribution >= 0.6 is 11.6 Å². The minimum Gasteiger partial charge on any atom is -0.482 e. The lowest BCUT2D eigenvalue weighted by molar-refractivity contribution is -0.143. The summed E-state index contributed by atoms with van der Waals surface area (Å²) in [6, 6.07) is 3.30. The number of halogens is 1. The second kappa shape index (κ2) is 7.89. The van der Waals surface area contributed by atoms with Crippen LogP contribution in [0.1, 0.15) is 18.5 Å². The van der Waals surface area contributed by atoms with Crippen molar-refractivity contribution in [2.75, 3.05) is 20.8 Å². The number of methoxy groups -OCH3 is 2. The summed E-state index contributed by atoms with van der Waals surface area (Å²) in [6.45, 7) is 1.25. The van der Waals surface area contributed by atoms with Gasteiger partial charge in [0.1, 0.15) is 5.75 Å². The molecular weight excluding hydrogens is 352 g/mol. The maximum absolute atomic E-state index is 12.2. The Labute approximate surface area is 149 Å². The summed E-state index contributed by atoms with van der Waals surface area (Å²) in [5, 5.41) is 5.52. The molecule has 0 bridgehead atoms. The van der Waals surface area contributed by atoms with Crippen LogP contribution in [0.4, 0.5) is 4.79 Å². The second-order valence-corrected chi connectivity index (χ2v) is 5.55. The van der Waals surface area contributed by atoms with Crippen LogP contribution in [0.2, 0.25) is 5.02 Å². The minimum atomic E-state index is -0.854. The first-order valence-electron chi connectivity index (χ1n) is 7.23. The van der Waals surface area contributed by atoms with Crippen molar-refractivity contribution in [1.29, 1.82) is 0 Å². The summed E-state index contributed by atoms with van der Waals surface area (Å²) in [5.41, 5.74) is 0.956. The maximum atomic E-state index is 12.2. The first-order chi connectivity index (χ1) is 11.9. The van der Waals surface area contributed by atoms with E-state index in [1.165, 1.54) is 14.2 Å². The van der Waals surface area contributed by atoms with Gasteiger partial charge in [0.15, 0.2) is 6.61 Å². The Balaban J connectivity index is 2.48. The van der Waals surface area contributed by atoms with E-state index in [4.69, 9.17) is 21.1 Å².